The second kappa shape index (κ2) is 5.33. The average Bonchev–Trinajstić information content (AvgIpc) is 2.76. The maximum absolute atomic E-state index is 10.8. The first kappa shape index (κ1) is 12.8. The molecule has 2 aromatic rings. The van der Waals surface area contributed by atoms with E-state index in [9.17, 15) is 4.79 Å². The number of hydrogen-bond donors (Lipinski definition) is 1. The van der Waals surface area contributed by atoms with Crippen molar-refractivity contribution in [3.05, 3.63) is 51.9 Å². The van der Waals surface area contributed by atoms with Gasteiger partial charge < -0.3 is 14.3 Å². The van der Waals surface area contributed by atoms with Crippen LogP contribution >= 0.6 is 23.2 Å². The van der Waals surface area contributed by atoms with Gasteiger partial charge in [-0.1, -0.05) is 23.2 Å². The summed E-state index contributed by atoms with van der Waals surface area (Å²) in [6.45, 7) is 0.0550. The molecule has 0 amide bonds. The van der Waals surface area contributed by atoms with Crippen molar-refractivity contribution in [2.24, 2.45) is 0 Å². The monoisotopic (exact) mass is 286 g/mol. The van der Waals surface area contributed by atoms with Crippen molar-refractivity contribution in [3.8, 4) is 5.75 Å². The molecule has 1 aromatic carbocycles. The van der Waals surface area contributed by atoms with Crippen molar-refractivity contribution in [1.82, 2.24) is 0 Å². The molecule has 18 heavy (non-hydrogen) atoms. The van der Waals surface area contributed by atoms with Crippen molar-refractivity contribution >= 4 is 29.2 Å². The summed E-state index contributed by atoms with van der Waals surface area (Å²) in [6, 6.07) is 6.33. The number of aromatic carboxylic acids is 1. The van der Waals surface area contributed by atoms with Gasteiger partial charge in [0.15, 0.2) is 0 Å². The summed E-state index contributed by atoms with van der Waals surface area (Å²) < 4.78 is 10.2. The zero-order valence-electron chi connectivity index (χ0n) is 9.02. The summed E-state index contributed by atoms with van der Waals surface area (Å²) in [4.78, 5) is 10.8. The first-order valence-electron chi connectivity index (χ1n) is 4.95. The lowest BCUT2D eigenvalue weighted by atomic mass is 10.2. The van der Waals surface area contributed by atoms with Gasteiger partial charge in [-0.05, 0) is 24.3 Å². The molecule has 4 nitrogen and oxygen atoms in total. The van der Waals surface area contributed by atoms with Gasteiger partial charge in [0.2, 0.25) is 5.76 Å². The minimum Gasteiger partial charge on any atom is -0.487 e. The molecule has 0 radical (unpaired) electrons. The van der Waals surface area contributed by atoms with Crippen LogP contribution in [-0.4, -0.2) is 11.1 Å². The van der Waals surface area contributed by atoms with E-state index in [0.29, 0.717) is 21.4 Å². The lowest BCUT2D eigenvalue weighted by molar-refractivity contribution is 0.0658. The van der Waals surface area contributed by atoms with E-state index in [1.54, 1.807) is 18.2 Å². The van der Waals surface area contributed by atoms with Crippen molar-refractivity contribution in [2.45, 2.75) is 6.61 Å². The molecule has 6 heteroatoms. The second-order valence-corrected chi connectivity index (χ2v) is 4.29. The molecule has 2 rings (SSSR count). The number of hydrogen-bond acceptors (Lipinski definition) is 3. The summed E-state index contributed by atoms with van der Waals surface area (Å²) in [6.07, 6.45) is 1.30. The van der Waals surface area contributed by atoms with Crippen LogP contribution in [0.4, 0.5) is 0 Å². The van der Waals surface area contributed by atoms with Gasteiger partial charge in [0.05, 0.1) is 11.3 Å². The lowest BCUT2D eigenvalue weighted by Gasteiger charge is -2.07. The smallest absolute Gasteiger partial charge is 0.372 e. The maximum atomic E-state index is 10.8. The maximum Gasteiger partial charge on any atom is 0.372 e. The van der Waals surface area contributed by atoms with Crippen LogP contribution in [0.2, 0.25) is 10.0 Å². The van der Waals surface area contributed by atoms with Gasteiger partial charge in [-0.25, -0.2) is 4.79 Å². The van der Waals surface area contributed by atoms with Crippen LogP contribution in [0, 0.1) is 0 Å². The SMILES string of the molecule is O=C(O)c1occc1COc1ccc(Cl)cc1Cl. The Hall–Kier alpha value is -1.65. The lowest BCUT2D eigenvalue weighted by Crippen LogP contribution is -2.02. The third kappa shape index (κ3) is 2.78. The third-order valence-electron chi connectivity index (χ3n) is 2.22. The average molecular weight is 287 g/mol. The molecule has 0 atom stereocenters. The predicted molar refractivity (Wildman–Crippen MR) is 66.5 cm³/mol. The zero-order valence-corrected chi connectivity index (χ0v) is 10.5. The first-order chi connectivity index (χ1) is 8.58. The Labute approximate surface area is 113 Å². The van der Waals surface area contributed by atoms with Crippen LogP contribution in [0.3, 0.4) is 0 Å². The second-order valence-electron chi connectivity index (χ2n) is 3.44. The van der Waals surface area contributed by atoms with E-state index in [2.05, 4.69) is 0 Å². The molecule has 0 saturated heterocycles. The fourth-order valence-corrected chi connectivity index (χ4v) is 1.85. The molecule has 0 aliphatic carbocycles. The Morgan fingerprint density at radius 2 is 2.11 bits per heavy atom. The fourth-order valence-electron chi connectivity index (χ4n) is 1.38. The number of carboxylic acids is 1. The summed E-state index contributed by atoms with van der Waals surface area (Å²) in [5, 5.41) is 9.72. The molecule has 0 saturated carbocycles. The Morgan fingerprint density at radius 1 is 1.33 bits per heavy atom. The van der Waals surface area contributed by atoms with Crippen LogP contribution in [0.5, 0.6) is 5.75 Å². The van der Waals surface area contributed by atoms with Gasteiger partial charge in [-0.3, -0.25) is 0 Å². The van der Waals surface area contributed by atoms with Gasteiger partial charge in [-0.15, -0.1) is 0 Å². The highest BCUT2D eigenvalue weighted by Gasteiger charge is 2.14. The predicted octanol–water partition coefficient (Wildman–Crippen LogP) is 3.86. The number of furan rings is 1. The summed E-state index contributed by atoms with van der Waals surface area (Å²) in [5.74, 6) is -0.848. The molecule has 0 aliphatic heterocycles. The van der Waals surface area contributed by atoms with Crippen LogP contribution in [0.15, 0.2) is 34.9 Å². The first-order valence-corrected chi connectivity index (χ1v) is 5.71. The van der Waals surface area contributed by atoms with Crippen LogP contribution in [0.1, 0.15) is 16.1 Å². The van der Waals surface area contributed by atoms with E-state index in [4.69, 9.17) is 37.5 Å². The highest BCUT2D eigenvalue weighted by molar-refractivity contribution is 6.35. The molecule has 0 aliphatic rings. The zero-order chi connectivity index (χ0) is 13.1. The van der Waals surface area contributed by atoms with Crippen molar-refractivity contribution in [1.29, 1.82) is 0 Å². The van der Waals surface area contributed by atoms with Gasteiger partial charge in [-0.2, -0.15) is 0 Å². The topological polar surface area (TPSA) is 59.7 Å². The molecule has 0 bridgehead atoms. The van der Waals surface area contributed by atoms with Crippen LogP contribution in [-0.2, 0) is 6.61 Å². The molecule has 0 spiro atoms. The van der Waals surface area contributed by atoms with E-state index in [0.717, 1.165) is 0 Å². The number of rotatable bonds is 4. The van der Waals surface area contributed by atoms with Gasteiger partial charge in [0.1, 0.15) is 12.4 Å². The Kier molecular flexibility index (Phi) is 3.79. The van der Waals surface area contributed by atoms with Crippen LogP contribution < -0.4 is 4.74 Å². The number of benzene rings is 1. The highest BCUT2D eigenvalue weighted by Crippen LogP contribution is 2.28. The number of ether oxygens (including phenoxy) is 1. The summed E-state index contributed by atoms with van der Waals surface area (Å²) in [5.41, 5.74) is 0.438. The molecule has 94 valence electrons. The summed E-state index contributed by atoms with van der Waals surface area (Å²) >= 11 is 11.7. The molecule has 1 aromatic heterocycles. The Bertz CT molecular complexity index is 577. The highest BCUT2D eigenvalue weighted by atomic mass is 35.5. The fraction of sp³-hybridized carbons (Fsp3) is 0.0833. The quantitative estimate of drug-likeness (QED) is 0.927. The standard InChI is InChI=1S/C12H8Cl2O4/c13-8-1-2-10(9(14)5-8)18-6-7-3-4-17-11(7)12(15)16/h1-5H,6H2,(H,15,16). The van der Waals surface area contributed by atoms with Gasteiger partial charge in [0.25, 0.3) is 0 Å². The molecule has 1 heterocycles. The Morgan fingerprint density at radius 3 is 2.78 bits per heavy atom. The molecular weight excluding hydrogens is 279 g/mol. The van der Waals surface area contributed by atoms with Gasteiger partial charge in [0, 0.05) is 10.6 Å². The summed E-state index contributed by atoms with van der Waals surface area (Å²) in [7, 11) is 0. The number of carboxylic acid groups (broad SMARTS) is 1. The van der Waals surface area contributed by atoms with Crippen LogP contribution in [0.25, 0.3) is 0 Å². The van der Waals surface area contributed by atoms with E-state index in [-0.39, 0.29) is 12.4 Å². The van der Waals surface area contributed by atoms with Crippen molar-refractivity contribution in [2.75, 3.05) is 0 Å². The van der Waals surface area contributed by atoms with E-state index in [1.165, 1.54) is 12.3 Å². The number of halogens is 2. The third-order valence-corrected chi connectivity index (χ3v) is 2.75. The van der Waals surface area contributed by atoms with Crippen molar-refractivity contribution in [3.63, 3.8) is 0 Å². The Balaban J connectivity index is 2.11. The normalized spacial score (nSPS) is 10.3. The minimum atomic E-state index is -1.14. The largest absolute Gasteiger partial charge is 0.487 e. The van der Waals surface area contributed by atoms with Crippen molar-refractivity contribution < 1.29 is 19.1 Å². The minimum absolute atomic E-state index is 0.0550. The van der Waals surface area contributed by atoms with E-state index < -0.39 is 5.97 Å². The van der Waals surface area contributed by atoms with E-state index in [1.807, 2.05) is 0 Å². The molecule has 0 unspecified atom stereocenters. The number of carbonyl (C=O) groups is 1. The molecular formula is C12H8Cl2O4. The van der Waals surface area contributed by atoms with E-state index >= 15 is 0 Å². The van der Waals surface area contributed by atoms with Gasteiger partial charge >= 0.3 is 5.97 Å². The molecule has 1 N–H and O–H groups in total. The molecule has 0 fully saturated rings.